The van der Waals surface area contributed by atoms with Gasteiger partial charge in [-0.2, -0.15) is 0 Å². The van der Waals surface area contributed by atoms with E-state index in [1.165, 1.54) is 17.8 Å². The van der Waals surface area contributed by atoms with Crippen LogP contribution < -0.4 is 14.4 Å². The number of halogens is 1. The molecular weight excluding hydrogens is 345 g/mol. The first kappa shape index (κ1) is 18.1. The molecule has 2 heterocycles. The Balaban J connectivity index is 1.27. The van der Waals surface area contributed by atoms with Crippen molar-refractivity contribution < 1.29 is 18.6 Å². The van der Waals surface area contributed by atoms with Gasteiger partial charge in [-0.25, -0.2) is 4.39 Å². The second-order valence-electron chi connectivity index (χ2n) is 7.17. The van der Waals surface area contributed by atoms with Crippen LogP contribution in [0.2, 0.25) is 0 Å². The van der Waals surface area contributed by atoms with Gasteiger partial charge in [-0.05, 0) is 61.4 Å². The summed E-state index contributed by atoms with van der Waals surface area (Å²) in [6, 6.07) is 14.5. The first-order valence-electron chi connectivity index (χ1n) is 9.82. The quantitative estimate of drug-likeness (QED) is 0.757. The van der Waals surface area contributed by atoms with Crippen molar-refractivity contribution in [2.24, 2.45) is 0 Å². The molecule has 5 heteroatoms. The average molecular weight is 371 g/mol. The van der Waals surface area contributed by atoms with Gasteiger partial charge in [0, 0.05) is 38.0 Å². The lowest BCUT2D eigenvalue weighted by atomic mass is 10.1. The minimum Gasteiger partial charge on any atom is -0.490 e. The van der Waals surface area contributed by atoms with Crippen LogP contribution in [0, 0.1) is 5.82 Å². The van der Waals surface area contributed by atoms with E-state index in [4.69, 9.17) is 14.2 Å². The number of benzene rings is 2. The maximum Gasteiger partial charge on any atom is 0.199 e. The van der Waals surface area contributed by atoms with Crippen molar-refractivity contribution in [3.63, 3.8) is 0 Å². The van der Waals surface area contributed by atoms with Crippen molar-refractivity contribution in [3.05, 3.63) is 54.3 Å². The smallest absolute Gasteiger partial charge is 0.199 e. The van der Waals surface area contributed by atoms with Gasteiger partial charge >= 0.3 is 0 Å². The Bertz CT molecular complexity index is 705. The molecule has 4 rings (SSSR count). The number of nitrogens with zero attached hydrogens (tertiary/aromatic N) is 1. The molecular formula is C22H26FNO3. The summed E-state index contributed by atoms with van der Waals surface area (Å²) in [5.41, 5.74) is 1.20. The number of hydrogen-bond donors (Lipinski definition) is 0. The van der Waals surface area contributed by atoms with E-state index in [0.717, 1.165) is 63.3 Å². The Labute approximate surface area is 159 Å². The summed E-state index contributed by atoms with van der Waals surface area (Å²) in [5.74, 6) is 1.36. The van der Waals surface area contributed by atoms with Crippen LogP contribution in [0.1, 0.15) is 32.1 Å². The van der Waals surface area contributed by atoms with E-state index in [2.05, 4.69) is 17.0 Å². The zero-order valence-corrected chi connectivity index (χ0v) is 15.5. The predicted octanol–water partition coefficient (Wildman–Crippen LogP) is 4.78. The molecule has 0 radical (unpaired) electrons. The van der Waals surface area contributed by atoms with Crippen molar-refractivity contribution in [1.82, 2.24) is 0 Å². The highest BCUT2D eigenvalue weighted by atomic mass is 19.1. The molecule has 0 bridgehead atoms. The maximum atomic E-state index is 13.0. The van der Waals surface area contributed by atoms with Gasteiger partial charge in [0.05, 0.1) is 6.61 Å². The lowest BCUT2D eigenvalue weighted by Crippen LogP contribution is -2.38. The molecule has 2 saturated heterocycles. The highest BCUT2D eigenvalue weighted by molar-refractivity contribution is 5.49. The lowest BCUT2D eigenvalue weighted by molar-refractivity contribution is -0.105. The summed E-state index contributed by atoms with van der Waals surface area (Å²) in [4.78, 5) is 2.37. The summed E-state index contributed by atoms with van der Waals surface area (Å²) in [6.07, 6.45) is 5.22. The molecule has 0 aromatic heterocycles. The summed E-state index contributed by atoms with van der Waals surface area (Å²) in [6.45, 7) is 2.67. The number of hydrogen-bond acceptors (Lipinski definition) is 4. The molecule has 0 saturated carbocycles. The summed E-state index contributed by atoms with van der Waals surface area (Å²) < 4.78 is 30.5. The molecule has 2 aromatic rings. The van der Waals surface area contributed by atoms with Crippen LogP contribution in [0.25, 0.3) is 0 Å². The maximum absolute atomic E-state index is 13.0. The van der Waals surface area contributed by atoms with Gasteiger partial charge in [-0.15, -0.1) is 0 Å². The molecule has 0 aliphatic carbocycles. The van der Waals surface area contributed by atoms with Crippen LogP contribution >= 0.6 is 0 Å². The Hall–Kier alpha value is -2.27. The first-order valence-corrected chi connectivity index (χ1v) is 9.82. The van der Waals surface area contributed by atoms with E-state index < -0.39 is 0 Å². The minimum absolute atomic E-state index is 0.107. The Kier molecular flexibility index (Phi) is 5.78. The van der Waals surface area contributed by atoms with Gasteiger partial charge in [-0.3, -0.25) is 0 Å². The molecule has 2 fully saturated rings. The molecule has 2 aliphatic rings. The van der Waals surface area contributed by atoms with E-state index >= 15 is 0 Å². The van der Waals surface area contributed by atoms with E-state index in [1.54, 1.807) is 12.1 Å². The molecule has 0 N–H and O–H groups in total. The summed E-state index contributed by atoms with van der Waals surface area (Å²) >= 11 is 0. The third kappa shape index (κ3) is 4.92. The monoisotopic (exact) mass is 371 g/mol. The molecule has 27 heavy (non-hydrogen) atoms. The summed E-state index contributed by atoms with van der Waals surface area (Å²) in [7, 11) is 0. The van der Waals surface area contributed by atoms with Crippen LogP contribution in [-0.4, -0.2) is 32.1 Å². The molecule has 0 amide bonds. The van der Waals surface area contributed by atoms with Gasteiger partial charge in [0.2, 0.25) is 0 Å². The van der Waals surface area contributed by atoms with Gasteiger partial charge in [0.25, 0.3) is 0 Å². The lowest BCUT2D eigenvalue weighted by Gasteiger charge is -2.34. The SMILES string of the molecule is Fc1ccc(OC2CCN(c3ccc(OC4CCCCO4)cc3)CC2)cc1. The zero-order chi connectivity index (χ0) is 18.5. The molecule has 1 unspecified atom stereocenters. The van der Waals surface area contributed by atoms with Crippen LogP contribution in [-0.2, 0) is 4.74 Å². The van der Waals surface area contributed by atoms with Crippen molar-refractivity contribution in [2.45, 2.75) is 44.5 Å². The third-order valence-electron chi connectivity index (χ3n) is 5.17. The average Bonchev–Trinajstić information content (AvgIpc) is 2.72. The molecule has 4 nitrogen and oxygen atoms in total. The third-order valence-corrected chi connectivity index (χ3v) is 5.17. The van der Waals surface area contributed by atoms with Crippen molar-refractivity contribution >= 4 is 5.69 Å². The van der Waals surface area contributed by atoms with Crippen molar-refractivity contribution in [2.75, 3.05) is 24.6 Å². The van der Waals surface area contributed by atoms with Crippen LogP contribution in [0.15, 0.2) is 48.5 Å². The second-order valence-corrected chi connectivity index (χ2v) is 7.17. The Morgan fingerprint density at radius 2 is 1.48 bits per heavy atom. The molecule has 2 aromatic carbocycles. The van der Waals surface area contributed by atoms with Gasteiger partial charge in [-0.1, -0.05) is 0 Å². The zero-order valence-electron chi connectivity index (χ0n) is 15.5. The van der Waals surface area contributed by atoms with E-state index in [9.17, 15) is 4.39 Å². The number of ether oxygens (including phenoxy) is 3. The number of piperidine rings is 1. The molecule has 144 valence electrons. The summed E-state index contributed by atoms with van der Waals surface area (Å²) in [5, 5.41) is 0. The van der Waals surface area contributed by atoms with Crippen LogP contribution in [0.5, 0.6) is 11.5 Å². The normalized spacial score (nSPS) is 21.1. The van der Waals surface area contributed by atoms with Crippen LogP contribution in [0.4, 0.5) is 10.1 Å². The number of rotatable bonds is 5. The Morgan fingerprint density at radius 1 is 0.815 bits per heavy atom. The van der Waals surface area contributed by atoms with Gasteiger partial charge in [0.15, 0.2) is 6.29 Å². The fraction of sp³-hybridized carbons (Fsp3) is 0.455. The molecule has 2 aliphatic heterocycles. The van der Waals surface area contributed by atoms with Crippen molar-refractivity contribution in [1.29, 1.82) is 0 Å². The predicted molar refractivity (Wildman–Crippen MR) is 103 cm³/mol. The van der Waals surface area contributed by atoms with Crippen molar-refractivity contribution in [3.8, 4) is 11.5 Å². The Morgan fingerprint density at radius 3 is 2.15 bits per heavy atom. The highest BCUT2D eigenvalue weighted by Gasteiger charge is 2.21. The standard InChI is InChI=1S/C22H26FNO3/c23-17-4-8-19(9-5-17)26-21-12-14-24(15-13-21)18-6-10-20(11-7-18)27-22-3-1-2-16-25-22/h4-11,21-22H,1-3,12-16H2. The van der Waals surface area contributed by atoms with Gasteiger partial charge in [0.1, 0.15) is 23.4 Å². The first-order chi connectivity index (χ1) is 13.3. The minimum atomic E-state index is -0.236. The van der Waals surface area contributed by atoms with E-state index in [1.807, 2.05) is 12.1 Å². The number of anilines is 1. The van der Waals surface area contributed by atoms with E-state index in [-0.39, 0.29) is 18.2 Å². The second kappa shape index (κ2) is 8.61. The topological polar surface area (TPSA) is 30.9 Å². The van der Waals surface area contributed by atoms with Crippen LogP contribution in [0.3, 0.4) is 0 Å². The fourth-order valence-corrected chi connectivity index (χ4v) is 3.63. The molecule has 0 spiro atoms. The van der Waals surface area contributed by atoms with E-state index in [0.29, 0.717) is 0 Å². The molecule has 1 atom stereocenters. The highest BCUT2D eigenvalue weighted by Crippen LogP contribution is 2.26. The fourth-order valence-electron chi connectivity index (χ4n) is 3.63. The largest absolute Gasteiger partial charge is 0.490 e. The van der Waals surface area contributed by atoms with Gasteiger partial charge < -0.3 is 19.1 Å².